The molecule has 0 radical (unpaired) electrons. The molecule has 1 saturated heterocycles. The first-order valence-corrected chi connectivity index (χ1v) is 12.1. The third-order valence-corrected chi connectivity index (χ3v) is 6.78. The summed E-state index contributed by atoms with van der Waals surface area (Å²) in [5, 5.41) is 4.85. The van der Waals surface area contributed by atoms with Crippen molar-refractivity contribution in [3.63, 3.8) is 0 Å². The third-order valence-electron chi connectivity index (χ3n) is 6.47. The van der Waals surface area contributed by atoms with E-state index in [1.54, 1.807) is 0 Å². The summed E-state index contributed by atoms with van der Waals surface area (Å²) < 4.78 is 0. The summed E-state index contributed by atoms with van der Waals surface area (Å²) in [5.41, 5.74) is 7.23. The summed E-state index contributed by atoms with van der Waals surface area (Å²) in [6.45, 7) is 14.8. The van der Waals surface area contributed by atoms with Gasteiger partial charge in [0.2, 0.25) is 0 Å². The fraction of sp³-hybridized carbons (Fsp3) is 0.321. The monoisotopic (exact) mass is 460 g/mol. The minimum absolute atomic E-state index is 0.709. The topological polar surface area (TPSA) is 31.4 Å². The Morgan fingerprint density at radius 1 is 1.03 bits per heavy atom. The molecular weight excluding hydrogens is 428 g/mol. The standard InChI is InChI=1S/C28H33ClN4/c1-5-6-8-20(2)32-13-15-33(16-14-32)21(3)22-11-12-25-26(29)19-27(31-28(25)18-22)23-9-7-10-24(17-23)30-4/h7,9-12,17-19,30H,2-3,5-6,8,13-16H2,1,4H3. The van der Waals surface area contributed by atoms with Crippen molar-refractivity contribution in [3.8, 4) is 11.3 Å². The number of pyridine rings is 1. The highest BCUT2D eigenvalue weighted by Crippen LogP contribution is 2.31. The molecule has 5 heteroatoms. The summed E-state index contributed by atoms with van der Waals surface area (Å²) >= 11 is 6.65. The van der Waals surface area contributed by atoms with Crippen LogP contribution in [0.3, 0.4) is 0 Å². The molecule has 1 aromatic heterocycles. The van der Waals surface area contributed by atoms with E-state index in [4.69, 9.17) is 16.6 Å². The van der Waals surface area contributed by atoms with Gasteiger partial charge in [0.1, 0.15) is 0 Å². The van der Waals surface area contributed by atoms with E-state index in [9.17, 15) is 0 Å². The molecule has 3 aromatic rings. The minimum Gasteiger partial charge on any atom is -0.388 e. The number of unbranched alkanes of at least 4 members (excludes halogenated alkanes) is 1. The number of nitrogens with zero attached hydrogens (tertiary/aromatic N) is 3. The highest BCUT2D eigenvalue weighted by Gasteiger charge is 2.20. The van der Waals surface area contributed by atoms with Gasteiger partial charge < -0.3 is 15.1 Å². The van der Waals surface area contributed by atoms with Gasteiger partial charge in [-0.1, -0.05) is 62.4 Å². The summed E-state index contributed by atoms with van der Waals surface area (Å²) in [5.74, 6) is 0. The smallest absolute Gasteiger partial charge is 0.0731 e. The van der Waals surface area contributed by atoms with Crippen molar-refractivity contribution in [3.05, 3.63) is 78.0 Å². The Labute approximate surface area is 202 Å². The summed E-state index contributed by atoms with van der Waals surface area (Å²) in [4.78, 5) is 9.73. The van der Waals surface area contributed by atoms with Crippen LogP contribution >= 0.6 is 11.6 Å². The molecule has 1 aliphatic heterocycles. The zero-order valence-electron chi connectivity index (χ0n) is 19.7. The number of hydrogen-bond donors (Lipinski definition) is 1. The molecule has 4 rings (SSSR count). The number of anilines is 1. The van der Waals surface area contributed by atoms with Crippen LogP contribution < -0.4 is 5.32 Å². The van der Waals surface area contributed by atoms with Crippen LogP contribution in [0.5, 0.6) is 0 Å². The molecule has 0 bridgehead atoms. The molecule has 0 unspecified atom stereocenters. The maximum atomic E-state index is 6.65. The zero-order chi connectivity index (χ0) is 23.4. The number of fused-ring (bicyclic) bond motifs is 1. The van der Waals surface area contributed by atoms with Crippen LogP contribution in [0.15, 0.2) is 67.4 Å². The number of hydrogen-bond acceptors (Lipinski definition) is 4. The van der Waals surface area contributed by atoms with Crippen molar-refractivity contribution < 1.29 is 0 Å². The van der Waals surface area contributed by atoms with Gasteiger partial charge in [0.15, 0.2) is 0 Å². The average Bonchev–Trinajstić information content (AvgIpc) is 2.86. The molecule has 0 atom stereocenters. The van der Waals surface area contributed by atoms with Crippen LogP contribution in [0.1, 0.15) is 31.7 Å². The largest absolute Gasteiger partial charge is 0.388 e. The van der Waals surface area contributed by atoms with E-state index in [0.29, 0.717) is 5.02 Å². The minimum atomic E-state index is 0.709. The molecule has 0 aliphatic carbocycles. The molecule has 4 nitrogen and oxygen atoms in total. The first kappa shape index (κ1) is 23.2. The number of piperazine rings is 1. The van der Waals surface area contributed by atoms with Crippen LogP contribution in [-0.2, 0) is 0 Å². The van der Waals surface area contributed by atoms with Gasteiger partial charge >= 0.3 is 0 Å². The first-order chi connectivity index (χ1) is 16.0. The van der Waals surface area contributed by atoms with E-state index in [1.165, 1.54) is 18.5 Å². The molecule has 172 valence electrons. The van der Waals surface area contributed by atoms with Gasteiger partial charge in [0, 0.05) is 61.3 Å². The number of aromatic nitrogens is 1. The Morgan fingerprint density at radius 2 is 1.79 bits per heavy atom. The van der Waals surface area contributed by atoms with Crippen LogP contribution in [0.2, 0.25) is 5.02 Å². The van der Waals surface area contributed by atoms with Gasteiger partial charge in [-0.05, 0) is 42.7 Å². The normalized spacial score (nSPS) is 13.9. The third kappa shape index (κ3) is 5.17. The second kappa shape index (κ2) is 10.3. The second-order valence-corrected chi connectivity index (χ2v) is 9.05. The van der Waals surface area contributed by atoms with E-state index < -0.39 is 0 Å². The summed E-state index contributed by atoms with van der Waals surface area (Å²) in [6.07, 6.45) is 3.51. The maximum absolute atomic E-state index is 6.65. The van der Waals surface area contributed by atoms with E-state index in [-0.39, 0.29) is 0 Å². The fourth-order valence-electron chi connectivity index (χ4n) is 4.36. The molecule has 0 spiro atoms. The quantitative estimate of drug-likeness (QED) is 0.396. The van der Waals surface area contributed by atoms with Gasteiger partial charge in [-0.25, -0.2) is 4.98 Å². The predicted octanol–water partition coefficient (Wildman–Crippen LogP) is 6.89. The highest BCUT2D eigenvalue weighted by atomic mass is 35.5. The van der Waals surface area contributed by atoms with Crippen LogP contribution in [0, 0.1) is 0 Å². The lowest BCUT2D eigenvalue weighted by Gasteiger charge is -2.39. The van der Waals surface area contributed by atoms with Gasteiger partial charge in [-0.3, -0.25) is 0 Å². The molecular formula is C28H33ClN4. The fourth-order valence-corrected chi connectivity index (χ4v) is 4.62. The van der Waals surface area contributed by atoms with Gasteiger partial charge in [-0.2, -0.15) is 0 Å². The highest BCUT2D eigenvalue weighted by molar-refractivity contribution is 6.35. The van der Waals surface area contributed by atoms with Crippen LogP contribution in [0.25, 0.3) is 27.9 Å². The van der Waals surface area contributed by atoms with Gasteiger partial charge in [-0.15, -0.1) is 0 Å². The van der Waals surface area contributed by atoms with E-state index in [1.807, 2.05) is 25.2 Å². The van der Waals surface area contributed by atoms with Crippen molar-refractivity contribution in [2.24, 2.45) is 0 Å². The lowest BCUT2D eigenvalue weighted by molar-refractivity contribution is 0.209. The zero-order valence-corrected chi connectivity index (χ0v) is 20.5. The lowest BCUT2D eigenvalue weighted by Crippen LogP contribution is -2.44. The van der Waals surface area contributed by atoms with Crippen molar-refractivity contribution in [2.45, 2.75) is 26.2 Å². The summed E-state index contributed by atoms with van der Waals surface area (Å²) in [7, 11) is 1.92. The molecule has 1 aliphatic rings. The van der Waals surface area contributed by atoms with Crippen molar-refractivity contribution in [2.75, 3.05) is 38.5 Å². The average molecular weight is 461 g/mol. The molecule has 2 heterocycles. The first-order valence-electron chi connectivity index (χ1n) is 11.8. The molecule has 1 fully saturated rings. The Kier molecular flexibility index (Phi) is 7.24. The molecule has 2 aromatic carbocycles. The molecule has 0 saturated carbocycles. The Bertz CT molecular complexity index is 1160. The Hall–Kier alpha value is -2.98. The number of halogens is 1. The molecule has 1 N–H and O–H groups in total. The predicted molar refractivity (Wildman–Crippen MR) is 143 cm³/mol. The number of benzene rings is 2. The SMILES string of the molecule is C=C(CCCC)N1CCN(C(=C)c2ccc3c(Cl)cc(-c4cccc(NC)c4)nc3c2)CC1. The molecule has 33 heavy (non-hydrogen) atoms. The second-order valence-electron chi connectivity index (χ2n) is 8.64. The van der Waals surface area contributed by atoms with E-state index in [0.717, 1.165) is 71.7 Å². The van der Waals surface area contributed by atoms with Crippen LogP contribution in [-0.4, -0.2) is 48.0 Å². The molecule has 0 amide bonds. The number of nitrogens with one attached hydrogen (secondary N) is 1. The van der Waals surface area contributed by atoms with Crippen molar-refractivity contribution in [1.29, 1.82) is 0 Å². The Morgan fingerprint density at radius 3 is 2.52 bits per heavy atom. The van der Waals surface area contributed by atoms with Gasteiger partial charge in [0.25, 0.3) is 0 Å². The Balaban J connectivity index is 1.54. The van der Waals surface area contributed by atoms with Crippen LogP contribution in [0.4, 0.5) is 5.69 Å². The maximum Gasteiger partial charge on any atom is 0.0731 e. The lowest BCUT2D eigenvalue weighted by atomic mass is 10.1. The number of rotatable bonds is 8. The van der Waals surface area contributed by atoms with E-state index in [2.05, 4.69) is 65.5 Å². The van der Waals surface area contributed by atoms with Crippen molar-refractivity contribution in [1.82, 2.24) is 14.8 Å². The van der Waals surface area contributed by atoms with E-state index >= 15 is 0 Å². The summed E-state index contributed by atoms with van der Waals surface area (Å²) in [6, 6.07) is 16.4. The van der Waals surface area contributed by atoms with Gasteiger partial charge in [0.05, 0.1) is 16.2 Å². The number of allylic oxidation sites excluding steroid dienone is 1. The van der Waals surface area contributed by atoms with Crippen molar-refractivity contribution >= 4 is 33.9 Å².